The van der Waals surface area contributed by atoms with Crippen molar-refractivity contribution < 1.29 is 13.5 Å². The van der Waals surface area contributed by atoms with Crippen molar-refractivity contribution in [3.05, 3.63) is 51.1 Å². The first-order valence-electron chi connectivity index (χ1n) is 5.04. The van der Waals surface area contributed by atoms with Crippen LogP contribution in [0.4, 0.5) is 8.78 Å². The Balaban J connectivity index is 2.36. The molecule has 1 aromatic heterocycles. The Bertz CT molecular complexity index is 625. The molecule has 0 spiro atoms. The third-order valence-electron chi connectivity index (χ3n) is 2.18. The van der Waals surface area contributed by atoms with E-state index in [1.165, 1.54) is 12.3 Å². The lowest BCUT2D eigenvalue weighted by atomic mass is 10.3. The zero-order valence-electron chi connectivity index (χ0n) is 9.26. The Morgan fingerprint density at radius 3 is 2.63 bits per heavy atom. The van der Waals surface area contributed by atoms with Gasteiger partial charge in [0.05, 0.1) is 0 Å². The second kappa shape index (κ2) is 6.03. The Morgan fingerprint density at radius 1 is 1.26 bits per heavy atom. The second-order valence-corrected chi connectivity index (χ2v) is 5.16. The summed E-state index contributed by atoms with van der Waals surface area (Å²) in [5, 5.41) is 0.165. The number of nitrogens with zero attached hydrogens (tertiary/aromatic N) is 1. The van der Waals surface area contributed by atoms with E-state index in [4.69, 9.17) is 27.9 Å². The molecule has 0 saturated carbocycles. The van der Waals surface area contributed by atoms with Crippen LogP contribution < -0.4 is 4.74 Å². The SMILES string of the molecule is Fc1cc(Br)cc(Oc2ncc(CCl)cc2Cl)c1F. The van der Waals surface area contributed by atoms with Gasteiger partial charge in [0.1, 0.15) is 5.02 Å². The lowest BCUT2D eigenvalue weighted by Gasteiger charge is -2.09. The van der Waals surface area contributed by atoms with Gasteiger partial charge < -0.3 is 4.74 Å². The van der Waals surface area contributed by atoms with Gasteiger partial charge in [-0.25, -0.2) is 9.37 Å². The van der Waals surface area contributed by atoms with Crippen molar-refractivity contribution in [3.8, 4) is 11.6 Å². The van der Waals surface area contributed by atoms with E-state index in [-0.39, 0.29) is 22.5 Å². The first kappa shape index (κ1) is 14.5. The van der Waals surface area contributed by atoms with Crippen LogP contribution in [0.3, 0.4) is 0 Å². The highest BCUT2D eigenvalue weighted by atomic mass is 79.9. The van der Waals surface area contributed by atoms with E-state index >= 15 is 0 Å². The number of halogens is 5. The number of aromatic nitrogens is 1. The summed E-state index contributed by atoms with van der Waals surface area (Å²) >= 11 is 14.6. The van der Waals surface area contributed by atoms with Crippen molar-refractivity contribution in [3.63, 3.8) is 0 Å². The van der Waals surface area contributed by atoms with E-state index in [2.05, 4.69) is 20.9 Å². The third-order valence-corrected chi connectivity index (χ3v) is 3.22. The second-order valence-electron chi connectivity index (χ2n) is 3.57. The first-order chi connectivity index (χ1) is 9.01. The number of pyridine rings is 1. The summed E-state index contributed by atoms with van der Waals surface area (Å²) in [4.78, 5) is 3.90. The number of alkyl halides is 1. The van der Waals surface area contributed by atoms with Crippen LogP contribution in [-0.4, -0.2) is 4.98 Å². The molecule has 0 radical (unpaired) electrons. The Labute approximate surface area is 126 Å². The molecule has 19 heavy (non-hydrogen) atoms. The molecule has 2 aromatic rings. The van der Waals surface area contributed by atoms with Crippen LogP contribution in [0.25, 0.3) is 0 Å². The molecule has 0 saturated heterocycles. The van der Waals surface area contributed by atoms with E-state index in [0.29, 0.717) is 10.0 Å². The summed E-state index contributed by atoms with van der Waals surface area (Å²) in [5.41, 5.74) is 0.694. The highest BCUT2D eigenvalue weighted by Gasteiger charge is 2.14. The number of hydrogen-bond acceptors (Lipinski definition) is 2. The molecule has 0 aliphatic rings. The normalized spacial score (nSPS) is 10.6. The van der Waals surface area contributed by atoms with Gasteiger partial charge in [-0.15, -0.1) is 11.6 Å². The van der Waals surface area contributed by atoms with Crippen molar-refractivity contribution in [2.24, 2.45) is 0 Å². The highest BCUT2D eigenvalue weighted by molar-refractivity contribution is 9.10. The minimum Gasteiger partial charge on any atom is -0.434 e. The molecule has 100 valence electrons. The lowest BCUT2D eigenvalue weighted by Crippen LogP contribution is -1.95. The smallest absolute Gasteiger partial charge is 0.238 e. The molecular formula is C12H6BrCl2F2NO. The summed E-state index contributed by atoms with van der Waals surface area (Å²) < 4.78 is 32.3. The van der Waals surface area contributed by atoms with Crippen LogP contribution in [0.5, 0.6) is 11.6 Å². The van der Waals surface area contributed by atoms with Crippen molar-refractivity contribution in [2.75, 3.05) is 0 Å². The van der Waals surface area contributed by atoms with Crippen molar-refractivity contribution in [2.45, 2.75) is 5.88 Å². The molecule has 2 nitrogen and oxygen atoms in total. The molecule has 2 rings (SSSR count). The van der Waals surface area contributed by atoms with Gasteiger partial charge in [-0.3, -0.25) is 0 Å². The topological polar surface area (TPSA) is 22.1 Å². The van der Waals surface area contributed by atoms with E-state index < -0.39 is 11.6 Å². The minimum atomic E-state index is -1.11. The molecule has 0 aliphatic heterocycles. The zero-order chi connectivity index (χ0) is 14.0. The Hall–Kier alpha value is -0.910. The fraction of sp³-hybridized carbons (Fsp3) is 0.0833. The average Bonchev–Trinajstić information content (AvgIpc) is 2.37. The molecule has 0 atom stereocenters. The van der Waals surface area contributed by atoms with E-state index in [1.54, 1.807) is 6.07 Å². The number of hydrogen-bond donors (Lipinski definition) is 0. The van der Waals surface area contributed by atoms with Gasteiger partial charge in [-0.1, -0.05) is 27.5 Å². The molecule has 0 N–H and O–H groups in total. The maximum atomic E-state index is 13.5. The summed E-state index contributed by atoms with van der Waals surface area (Å²) in [6.07, 6.45) is 1.44. The molecular weight excluding hydrogens is 363 g/mol. The standard InChI is InChI=1S/C12H6BrCl2F2NO/c13-7-2-9(16)11(17)10(3-7)19-12-8(15)1-6(4-14)5-18-12/h1-3,5H,4H2. The van der Waals surface area contributed by atoms with Gasteiger partial charge in [0.15, 0.2) is 11.6 Å². The number of ether oxygens (including phenoxy) is 1. The maximum absolute atomic E-state index is 13.5. The zero-order valence-corrected chi connectivity index (χ0v) is 12.4. The summed E-state index contributed by atoms with van der Waals surface area (Å²) in [5.74, 6) is -2.22. The summed E-state index contributed by atoms with van der Waals surface area (Å²) in [7, 11) is 0. The number of rotatable bonds is 3. The van der Waals surface area contributed by atoms with Crippen LogP contribution in [0.1, 0.15) is 5.56 Å². The van der Waals surface area contributed by atoms with Gasteiger partial charge in [-0.05, 0) is 23.8 Å². The molecule has 0 bridgehead atoms. The maximum Gasteiger partial charge on any atom is 0.238 e. The predicted octanol–water partition coefficient (Wildman–Crippen LogP) is 5.31. The lowest BCUT2D eigenvalue weighted by molar-refractivity contribution is 0.405. The highest BCUT2D eigenvalue weighted by Crippen LogP contribution is 2.32. The average molecular weight is 369 g/mol. The minimum absolute atomic E-state index is 0.0214. The predicted molar refractivity (Wildman–Crippen MR) is 72.9 cm³/mol. The number of benzene rings is 1. The first-order valence-corrected chi connectivity index (χ1v) is 6.74. The fourth-order valence-corrected chi connectivity index (χ4v) is 2.11. The fourth-order valence-electron chi connectivity index (χ4n) is 1.32. The van der Waals surface area contributed by atoms with E-state index in [1.807, 2.05) is 0 Å². The molecule has 1 heterocycles. The quantitative estimate of drug-likeness (QED) is 0.541. The summed E-state index contributed by atoms with van der Waals surface area (Å²) in [6.45, 7) is 0. The van der Waals surface area contributed by atoms with Gasteiger partial charge in [0.25, 0.3) is 0 Å². The molecule has 7 heteroatoms. The molecule has 0 unspecified atom stereocenters. The molecule has 0 fully saturated rings. The largest absolute Gasteiger partial charge is 0.434 e. The van der Waals surface area contributed by atoms with Gasteiger partial charge in [-0.2, -0.15) is 4.39 Å². The van der Waals surface area contributed by atoms with Crippen molar-refractivity contribution in [1.29, 1.82) is 0 Å². The van der Waals surface area contributed by atoms with Crippen molar-refractivity contribution in [1.82, 2.24) is 4.98 Å². The van der Waals surface area contributed by atoms with Gasteiger partial charge in [0.2, 0.25) is 11.7 Å². The monoisotopic (exact) mass is 367 g/mol. The van der Waals surface area contributed by atoms with Crippen LogP contribution in [-0.2, 0) is 5.88 Å². The van der Waals surface area contributed by atoms with Gasteiger partial charge >= 0.3 is 0 Å². The van der Waals surface area contributed by atoms with Crippen LogP contribution in [0.15, 0.2) is 28.9 Å². The van der Waals surface area contributed by atoms with E-state index in [0.717, 1.165) is 6.07 Å². The van der Waals surface area contributed by atoms with Gasteiger partial charge in [0, 0.05) is 16.5 Å². The van der Waals surface area contributed by atoms with Crippen molar-refractivity contribution >= 4 is 39.1 Å². The third kappa shape index (κ3) is 3.35. The molecule has 0 aliphatic carbocycles. The Kier molecular flexibility index (Phi) is 4.60. The van der Waals surface area contributed by atoms with Crippen LogP contribution in [0, 0.1) is 11.6 Å². The molecule has 1 aromatic carbocycles. The summed E-state index contributed by atoms with van der Waals surface area (Å²) in [6, 6.07) is 3.82. The molecule has 0 amide bonds. The van der Waals surface area contributed by atoms with Crippen LogP contribution in [0.2, 0.25) is 5.02 Å². The Morgan fingerprint density at radius 2 is 2.00 bits per heavy atom. The van der Waals surface area contributed by atoms with E-state index in [9.17, 15) is 8.78 Å². The van der Waals surface area contributed by atoms with Crippen LogP contribution >= 0.6 is 39.1 Å².